The number of rotatable bonds is 3. The molecule has 0 bridgehead atoms. The predicted molar refractivity (Wildman–Crippen MR) is 76.6 cm³/mol. The molecule has 0 saturated carbocycles. The summed E-state index contributed by atoms with van der Waals surface area (Å²) in [6.45, 7) is 13.4. The minimum absolute atomic E-state index is 1.07. The first-order chi connectivity index (χ1) is 8.05. The second kappa shape index (κ2) is 5.34. The van der Waals surface area contributed by atoms with E-state index >= 15 is 0 Å². The fourth-order valence-electron chi connectivity index (χ4n) is 2.42. The molecule has 1 saturated heterocycles. The second-order valence-electron chi connectivity index (χ2n) is 5.92. The van der Waals surface area contributed by atoms with Gasteiger partial charge >= 0.3 is 0 Å². The van der Waals surface area contributed by atoms with E-state index in [-0.39, 0.29) is 0 Å². The molecule has 3 heteroatoms. The maximum Gasteiger partial charge on any atom is 0.119 e. The van der Waals surface area contributed by atoms with Crippen LogP contribution in [0.3, 0.4) is 0 Å². The summed E-state index contributed by atoms with van der Waals surface area (Å²) in [4.78, 5) is 2.58. The molecule has 94 valence electrons. The van der Waals surface area contributed by atoms with Crippen molar-refractivity contribution < 1.29 is 0 Å². The van der Waals surface area contributed by atoms with Gasteiger partial charge < -0.3 is 4.57 Å². The Balaban J connectivity index is 1.84. The van der Waals surface area contributed by atoms with Crippen LogP contribution in [-0.4, -0.2) is 43.9 Å². The van der Waals surface area contributed by atoms with Gasteiger partial charge in [0.25, 0.3) is 0 Å². The molecule has 1 aromatic rings. The summed E-state index contributed by atoms with van der Waals surface area (Å²) in [6.07, 6.45) is 0. The molecule has 17 heavy (non-hydrogen) atoms. The van der Waals surface area contributed by atoms with Gasteiger partial charge in [-0.3, -0.25) is 4.90 Å². The lowest BCUT2D eigenvalue weighted by Gasteiger charge is -2.41. The van der Waals surface area contributed by atoms with Crippen molar-refractivity contribution in [3.8, 4) is 0 Å². The maximum absolute atomic E-state index is 2.72. The first-order valence-electron chi connectivity index (χ1n) is 6.57. The molecule has 2 rings (SSSR count). The Bertz CT molecular complexity index is 337. The van der Waals surface area contributed by atoms with Gasteiger partial charge in [-0.2, -0.15) is 0 Å². The lowest BCUT2D eigenvalue weighted by Crippen LogP contribution is -2.55. The number of nitrogens with zero attached hydrogens (tertiary/aromatic N) is 2. The molecule has 0 amide bonds. The van der Waals surface area contributed by atoms with Crippen molar-refractivity contribution >= 4 is 8.24 Å². The summed E-state index contributed by atoms with van der Waals surface area (Å²) in [5, 5.41) is 0. The van der Waals surface area contributed by atoms with E-state index in [4.69, 9.17) is 0 Å². The van der Waals surface area contributed by atoms with Crippen molar-refractivity contribution in [3.05, 3.63) is 35.9 Å². The molecule has 0 aromatic heterocycles. The Hall–Kier alpha value is -0.643. The average Bonchev–Trinajstić information content (AvgIpc) is 2.30. The van der Waals surface area contributed by atoms with Gasteiger partial charge in [-0.15, -0.1) is 0 Å². The van der Waals surface area contributed by atoms with Crippen molar-refractivity contribution in [1.29, 1.82) is 0 Å². The lowest BCUT2D eigenvalue weighted by molar-refractivity contribution is 0.177. The summed E-state index contributed by atoms with van der Waals surface area (Å²) in [5.74, 6) is 0. The zero-order valence-corrected chi connectivity index (χ0v) is 12.3. The predicted octanol–water partition coefficient (Wildman–Crippen LogP) is 2.64. The van der Waals surface area contributed by atoms with Crippen LogP contribution in [0.2, 0.25) is 19.6 Å². The molecular formula is C14H24N2Si. The van der Waals surface area contributed by atoms with Crippen LogP contribution in [0, 0.1) is 0 Å². The number of hydrogen-bond acceptors (Lipinski definition) is 2. The molecule has 2 nitrogen and oxygen atoms in total. The Labute approximate surface area is 106 Å². The van der Waals surface area contributed by atoms with Crippen molar-refractivity contribution in [1.82, 2.24) is 9.47 Å². The molecule has 0 radical (unpaired) electrons. The minimum Gasteiger partial charge on any atom is -0.321 e. The van der Waals surface area contributed by atoms with E-state index in [0.717, 1.165) is 6.54 Å². The molecule has 0 aliphatic carbocycles. The Morgan fingerprint density at radius 3 is 2.06 bits per heavy atom. The van der Waals surface area contributed by atoms with E-state index in [0.29, 0.717) is 0 Å². The highest BCUT2D eigenvalue weighted by molar-refractivity contribution is 6.73. The molecular weight excluding hydrogens is 224 g/mol. The monoisotopic (exact) mass is 248 g/mol. The van der Waals surface area contributed by atoms with Gasteiger partial charge in [0.1, 0.15) is 8.24 Å². The van der Waals surface area contributed by atoms with Crippen LogP contribution in [0.1, 0.15) is 5.56 Å². The maximum atomic E-state index is 2.72. The van der Waals surface area contributed by atoms with Gasteiger partial charge in [0.05, 0.1) is 0 Å². The SMILES string of the molecule is C[Si](C)(C)N1CCN(Cc2ccccc2)CC1. The Morgan fingerprint density at radius 1 is 0.941 bits per heavy atom. The highest BCUT2D eigenvalue weighted by atomic mass is 28.3. The van der Waals surface area contributed by atoms with Crippen molar-refractivity contribution in [2.24, 2.45) is 0 Å². The van der Waals surface area contributed by atoms with Crippen molar-refractivity contribution in [2.45, 2.75) is 26.2 Å². The van der Waals surface area contributed by atoms with Crippen LogP contribution in [0.4, 0.5) is 0 Å². The van der Waals surface area contributed by atoms with Gasteiger partial charge in [-0.25, -0.2) is 0 Å². The lowest BCUT2D eigenvalue weighted by atomic mass is 10.2. The molecule has 0 unspecified atom stereocenters. The van der Waals surface area contributed by atoms with Crippen LogP contribution >= 0.6 is 0 Å². The van der Waals surface area contributed by atoms with Gasteiger partial charge in [0.2, 0.25) is 0 Å². The van der Waals surface area contributed by atoms with Gasteiger partial charge in [0, 0.05) is 32.7 Å². The average molecular weight is 248 g/mol. The fourth-order valence-corrected chi connectivity index (χ4v) is 3.96. The van der Waals surface area contributed by atoms with E-state index in [2.05, 4.69) is 59.4 Å². The molecule has 0 spiro atoms. The van der Waals surface area contributed by atoms with E-state index in [1.54, 1.807) is 0 Å². The summed E-state index contributed by atoms with van der Waals surface area (Å²) >= 11 is 0. The third-order valence-electron chi connectivity index (χ3n) is 3.57. The van der Waals surface area contributed by atoms with Gasteiger partial charge in [-0.1, -0.05) is 50.0 Å². The summed E-state index contributed by atoms with van der Waals surface area (Å²) in [7, 11) is -1.07. The van der Waals surface area contributed by atoms with Gasteiger partial charge in [-0.05, 0) is 5.56 Å². The molecule has 1 fully saturated rings. The first-order valence-corrected chi connectivity index (χ1v) is 10.0. The molecule has 0 atom stereocenters. The van der Waals surface area contributed by atoms with Crippen LogP contribution in [0.5, 0.6) is 0 Å². The molecule has 1 heterocycles. The van der Waals surface area contributed by atoms with Crippen LogP contribution in [0.25, 0.3) is 0 Å². The van der Waals surface area contributed by atoms with Crippen LogP contribution in [-0.2, 0) is 6.54 Å². The van der Waals surface area contributed by atoms with Gasteiger partial charge in [0.15, 0.2) is 0 Å². The van der Waals surface area contributed by atoms with E-state index < -0.39 is 8.24 Å². The third-order valence-corrected chi connectivity index (χ3v) is 5.91. The zero-order chi connectivity index (χ0) is 12.3. The van der Waals surface area contributed by atoms with Crippen LogP contribution in [0.15, 0.2) is 30.3 Å². The topological polar surface area (TPSA) is 6.48 Å². The van der Waals surface area contributed by atoms with Crippen LogP contribution < -0.4 is 0 Å². The normalized spacial score (nSPS) is 19.5. The van der Waals surface area contributed by atoms with E-state index in [9.17, 15) is 0 Å². The summed E-state index contributed by atoms with van der Waals surface area (Å²) < 4.78 is 2.72. The number of hydrogen-bond donors (Lipinski definition) is 0. The Kier molecular flexibility index (Phi) is 4.02. The highest BCUT2D eigenvalue weighted by Crippen LogP contribution is 2.14. The zero-order valence-electron chi connectivity index (χ0n) is 11.3. The quantitative estimate of drug-likeness (QED) is 0.759. The van der Waals surface area contributed by atoms with E-state index in [1.807, 2.05) is 0 Å². The largest absolute Gasteiger partial charge is 0.321 e. The molecule has 0 N–H and O–H groups in total. The van der Waals surface area contributed by atoms with Crippen molar-refractivity contribution in [2.75, 3.05) is 26.2 Å². The summed E-state index contributed by atoms with van der Waals surface area (Å²) in [5.41, 5.74) is 1.44. The smallest absolute Gasteiger partial charge is 0.119 e. The molecule has 1 aromatic carbocycles. The number of benzene rings is 1. The fraction of sp³-hybridized carbons (Fsp3) is 0.571. The molecule has 1 aliphatic rings. The van der Waals surface area contributed by atoms with E-state index in [1.165, 1.54) is 31.7 Å². The second-order valence-corrected chi connectivity index (χ2v) is 10.9. The van der Waals surface area contributed by atoms with Crippen molar-refractivity contribution in [3.63, 3.8) is 0 Å². The molecule has 1 aliphatic heterocycles. The Morgan fingerprint density at radius 2 is 1.53 bits per heavy atom. The standard InChI is InChI=1S/C14H24N2Si/c1-17(2,3)16-11-9-15(10-12-16)13-14-7-5-4-6-8-14/h4-8H,9-13H2,1-3H3. The third kappa shape index (κ3) is 3.66. The highest BCUT2D eigenvalue weighted by Gasteiger charge is 2.27. The summed E-state index contributed by atoms with van der Waals surface area (Å²) in [6, 6.07) is 10.8. The number of piperazine rings is 1. The minimum atomic E-state index is -1.07. The first kappa shape index (κ1) is 12.8.